The average molecular weight is 376 g/mol. The molecule has 0 bridgehead atoms. The largest absolute Gasteiger partial charge is 0.351 e. The van der Waals surface area contributed by atoms with E-state index in [-0.39, 0.29) is 4.21 Å². The Labute approximate surface area is 128 Å². The molecule has 2 aromatic rings. The molecule has 0 spiro atoms. The van der Waals surface area contributed by atoms with Crippen molar-refractivity contribution in [3.63, 3.8) is 0 Å². The van der Waals surface area contributed by atoms with Gasteiger partial charge in [-0.15, -0.1) is 11.3 Å². The number of hydrogen-bond acceptors (Lipinski definition) is 4. The fourth-order valence-corrected chi connectivity index (χ4v) is 4.48. The second kappa shape index (κ2) is 5.81. The molecule has 9 heteroatoms. The van der Waals surface area contributed by atoms with Crippen molar-refractivity contribution in [1.29, 1.82) is 0 Å². The third-order valence-corrected chi connectivity index (χ3v) is 5.71. The highest BCUT2D eigenvalue weighted by molar-refractivity contribution is 9.11. The van der Waals surface area contributed by atoms with Gasteiger partial charge in [-0.05, 0) is 52.3 Å². The van der Waals surface area contributed by atoms with E-state index in [0.29, 0.717) is 11.4 Å². The second-order valence-electron chi connectivity index (χ2n) is 3.73. The van der Waals surface area contributed by atoms with Crippen LogP contribution in [-0.4, -0.2) is 14.4 Å². The number of anilines is 2. The zero-order chi connectivity index (χ0) is 14.8. The number of halogens is 1. The maximum Gasteiger partial charge on any atom is 0.316 e. The SMILES string of the molecule is NC(=O)Nc1ccc(NS(=O)(=O)c2ccc(Br)s2)cc1. The van der Waals surface area contributed by atoms with Crippen LogP contribution in [0.25, 0.3) is 0 Å². The molecule has 0 saturated heterocycles. The van der Waals surface area contributed by atoms with Gasteiger partial charge in [0.05, 0.1) is 3.79 Å². The molecular weight excluding hydrogens is 366 g/mol. The molecule has 4 N–H and O–H groups in total. The lowest BCUT2D eigenvalue weighted by atomic mass is 10.3. The molecule has 0 fully saturated rings. The highest BCUT2D eigenvalue weighted by Crippen LogP contribution is 2.27. The Balaban J connectivity index is 2.15. The first-order valence-electron chi connectivity index (χ1n) is 5.31. The van der Waals surface area contributed by atoms with Crippen LogP contribution in [0.4, 0.5) is 16.2 Å². The van der Waals surface area contributed by atoms with Crippen molar-refractivity contribution in [1.82, 2.24) is 0 Å². The Morgan fingerprint density at radius 1 is 1.10 bits per heavy atom. The predicted molar refractivity (Wildman–Crippen MR) is 82.5 cm³/mol. The van der Waals surface area contributed by atoms with Crippen LogP contribution in [0, 0.1) is 0 Å². The van der Waals surface area contributed by atoms with Crippen molar-refractivity contribution in [2.45, 2.75) is 4.21 Å². The van der Waals surface area contributed by atoms with Gasteiger partial charge in [0.15, 0.2) is 0 Å². The van der Waals surface area contributed by atoms with Crippen LogP contribution in [0.2, 0.25) is 0 Å². The summed E-state index contributed by atoms with van der Waals surface area (Å²) in [6.45, 7) is 0. The molecule has 0 unspecified atom stereocenters. The monoisotopic (exact) mass is 375 g/mol. The molecule has 106 valence electrons. The highest BCUT2D eigenvalue weighted by Gasteiger charge is 2.16. The van der Waals surface area contributed by atoms with E-state index in [9.17, 15) is 13.2 Å². The first-order chi connectivity index (χ1) is 9.37. The number of thiophene rings is 1. The number of carbonyl (C=O) groups is 1. The van der Waals surface area contributed by atoms with E-state index < -0.39 is 16.1 Å². The summed E-state index contributed by atoms with van der Waals surface area (Å²) >= 11 is 4.33. The smallest absolute Gasteiger partial charge is 0.316 e. The van der Waals surface area contributed by atoms with Gasteiger partial charge in [0.25, 0.3) is 10.0 Å². The van der Waals surface area contributed by atoms with Gasteiger partial charge in [-0.3, -0.25) is 4.72 Å². The molecule has 6 nitrogen and oxygen atoms in total. The molecule has 1 heterocycles. The van der Waals surface area contributed by atoms with Crippen LogP contribution in [0.3, 0.4) is 0 Å². The standard InChI is InChI=1S/C11H10BrN3O3S2/c12-9-5-6-10(19-9)20(17,18)15-8-3-1-7(2-4-8)14-11(13)16/h1-6,15H,(H3,13,14,16). The van der Waals surface area contributed by atoms with Gasteiger partial charge >= 0.3 is 6.03 Å². The summed E-state index contributed by atoms with van der Waals surface area (Å²) in [4.78, 5) is 10.7. The number of nitrogens with two attached hydrogens (primary N) is 1. The van der Waals surface area contributed by atoms with Crippen LogP contribution in [0.5, 0.6) is 0 Å². The van der Waals surface area contributed by atoms with Gasteiger partial charge < -0.3 is 11.1 Å². The van der Waals surface area contributed by atoms with Crippen LogP contribution in [0.15, 0.2) is 44.4 Å². The minimum atomic E-state index is -3.60. The molecule has 0 radical (unpaired) electrons. The fourth-order valence-electron chi connectivity index (χ4n) is 1.41. The topological polar surface area (TPSA) is 101 Å². The number of primary amides is 1. The number of carbonyl (C=O) groups excluding carboxylic acids is 1. The minimum absolute atomic E-state index is 0.212. The van der Waals surface area contributed by atoms with Gasteiger partial charge in [0, 0.05) is 11.4 Å². The summed E-state index contributed by atoms with van der Waals surface area (Å²) in [5.41, 5.74) is 5.86. The molecule has 1 aromatic heterocycles. The fraction of sp³-hybridized carbons (Fsp3) is 0. The van der Waals surface area contributed by atoms with Crippen molar-refractivity contribution < 1.29 is 13.2 Å². The van der Waals surface area contributed by atoms with Gasteiger partial charge in [0.2, 0.25) is 0 Å². The first-order valence-corrected chi connectivity index (χ1v) is 8.41. The number of sulfonamides is 1. The van der Waals surface area contributed by atoms with E-state index in [1.165, 1.54) is 18.2 Å². The predicted octanol–water partition coefficient (Wildman–Crippen LogP) is 2.80. The first kappa shape index (κ1) is 14.8. The van der Waals surface area contributed by atoms with Crippen molar-refractivity contribution in [3.8, 4) is 0 Å². The van der Waals surface area contributed by atoms with Gasteiger partial charge in [-0.2, -0.15) is 0 Å². The number of urea groups is 1. The molecule has 0 aliphatic carbocycles. The summed E-state index contributed by atoms with van der Waals surface area (Å²) in [5, 5.41) is 2.39. The Morgan fingerprint density at radius 2 is 1.70 bits per heavy atom. The van der Waals surface area contributed by atoms with Gasteiger partial charge in [-0.25, -0.2) is 13.2 Å². The van der Waals surface area contributed by atoms with Crippen molar-refractivity contribution in [2.24, 2.45) is 5.73 Å². The molecular formula is C11H10BrN3O3S2. The minimum Gasteiger partial charge on any atom is -0.351 e. The molecule has 0 aliphatic rings. The lowest BCUT2D eigenvalue weighted by Crippen LogP contribution is -2.19. The third kappa shape index (κ3) is 3.71. The summed E-state index contributed by atoms with van der Waals surface area (Å²) in [6.07, 6.45) is 0. The Bertz CT molecular complexity index is 726. The lowest BCUT2D eigenvalue weighted by molar-refractivity contribution is 0.259. The lowest BCUT2D eigenvalue weighted by Gasteiger charge is -2.07. The van der Waals surface area contributed by atoms with E-state index in [0.717, 1.165) is 15.1 Å². The maximum atomic E-state index is 12.1. The molecule has 1 aromatic carbocycles. The van der Waals surface area contributed by atoms with E-state index in [2.05, 4.69) is 26.0 Å². The summed E-state index contributed by atoms with van der Waals surface area (Å²) in [5.74, 6) is 0. The van der Waals surface area contributed by atoms with E-state index in [1.54, 1.807) is 18.2 Å². The Hall–Kier alpha value is -1.58. The molecule has 0 atom stereocenters. The van der Waals surface area contributed by atoms with E-state index in [1.807, 2.05) is 0 Å². The van der Waals surface area contributed by atoms with Crippen molar-refractivity contribution in [2.75, 3.05) is 10.0 Å². The molecule has 0 aliphatic heterocycles. The summed E-state index contributed by atoms with van der Waals surface area (Å²) in [6, 6.07) is 8.66. The van der Waals surface area contributed by atoms with Crippen molar-refractivity contribution in [3.05, 3.63) is 40.2 Å². The average Bonchev–Trinajstić information content (AvgIpc) is 2.78. The van der Waals surface area contributed by atoms with Crippen LogP contribution >= 0.6 is 27.3 Å². The Morgan fingerprint density at radius 3 is 2.20 bits per heavy atom. The summed E-state index contributed by atoms with van der Waals surface area (Å²) in [7, 11) is -3.60. The normalized spacial score (nSPS) is 11.1. The van der Waals surface area contributed by atoms with Gasteiger partial charge in [0.1, 0.15) is 4.21 Å². The van der Waals surface area contributed by atoms with Crippen LogP contribution in [0.1, 0.15) is 0 Å². The molecule has 2 rings (SSSR count). The van der Waals surface area contributed by atoms with E-state index in [4.69, 9.17) is 5.73 Å². The third-order valence-electron chi connectivity index (χ3n) is 2.22. The van der Waals surface area contributed by atoms with Crippen LogP contribution in [-0.2, 0) is 10.0 Å². The number of hydrogen-bond donors (Lipinski definition) is 3. The van der Waals surface area contributed by atoms with E-state index >= 15 is 0 Å². The number of nitrogens with one attached hydrogen (secondary N) is 2. The highest BCUT2D eigenvalue weighted by atomic mass is 79.9. The molecule has 0 saturated carbocycles. The van der Waals surface area contributed by atoms with Crippen molar-refractivity contribution >= 4 is 54.7 Å². The zero-order valence-electron chi connectivity index (χ0n) is 9.96. The Kier molecular flexibility index (Phi) is 4.31. The maximum absolute atomic E-state index is 12.1. The second-order valence-corrected chi connectivity index (χ2v) is 8.10. The number of amides is 2. The number of rotatable bonds is 4. The van der Waals surface area contributed by atoms with Gasteiger partial charge in [-0.1, -0.05) is 0 Å². The molecule has 20 heavy (non-hydrogen) atoms. The summed E-state index contributed by atoms with van der Waals surface area (Å²) < 4.78 is 27.5. The van der Waals surface area contributed by atoms with Crippen LogP contribution < -0.4 is 15.8 Å². The quantitative estimate of drug-likeness (QED) is 0.765. The molecule has 2 amide bonds. The number of benzene rings is 1. The zero-order valence-corrected chi connectivity index (χ0v) is 13.2.